The number of hydrogen-bond acceptors (Lipinski definition) is 4. The fraction of sp³-hybridized carbons (Fsp3) is 0.462. The van der Waals surface area contributed by atoms with Crippen molar-refractivity contribution < 1.29 is 17.9 Å². The molecule has 5 nitrogen and oxygen atoms in total. The molecule has 0 amide bonds. The molecule has 0 aromatic heterocycles. The molecule has 1 aromatic carbocycles. The highest BCUT2D eigenvalue weighted by Crippen LogP contribution is 2.23. The summed E-state index contributed by atoms with van der Waals surface area (Å²) in [5.74, 6) is 0. The van der Waals surface area contributed by atoms with E-state index < -0.39 is 16.1 Å². The summed E-state index contributed by atoms with van der Waals surface area (Å²) in [4.78, 5) is 10.6. The van der Waals surface area contributed by atoms with Crippen molar-refractivity contribution in [1.29, 1.82) is 0 Å². The number of halogens is 1. The lowest BCUT2D eigenvalue weighted by atomic mass is 9.93. The fourth-order valence-electron chi connectivity index (χ4n) is 2.35. The van der Waals surface area contributed by atoms with E-state index in [0.29, 0.717) is 24.3 Å². The number of nitrogens with one attached hydrogen (secondary N) is 1. The minimum atomic E-state index is -3.63. The van der Waals surface area contributed by atoms with E-state index >= 15 is 0 Å². The molecule has 0 bridgehead atoms. The van der Waals surface area contributed by atoms with Crippen LogP contribution in [0.2, 0.25) is 5.02 Å². The van der Waals surface area contributed by atoms with Gasteiger partial charge in [0.05, 0.1) is 10.9 Å². The number of carbonyl (C=O) groups excluding carboxylic acids is 1. The Morgan fingerprint density at radius 2 is 1.85 bits per heavy atom. The zero-order valence-corrected chi connectivity index (χ0v) is 12.4. The van der Waals surface area contributed by atoms with Crippen LogP contribution in [0.15, 0.2) is 29.2 Å². The lowest BCUT2D eigenvalue weighted by Crippen LogP contribution is -2.46. The van der Waals surface area contributed by atoms with Crippen LogP contribution in [-0.2, 0) is 19.6 Å². The molecular formula is C13H16ClNO4S. The maximum Gasteiger partial charge on any atom is 0.293 e. The molecule has 0 unspecified atom stereocenters. The lowest BCUT2D eigenvalue weighted by Gasteiger charge is -2.30. The largest absolute Gasteiger partial charge is 0.463 e. The molecule has 1 N–H and O–H groups in total. The summed E-state index contributed by atoms with van der Waals surface area (Å²) < 4.78 is 32.1. The summed E-state index contributed by atoms with van der Waals surface area (Å²) in [5.41, 5.74) is 0. The molecule has 2 rings (SSSR count). The zero-order valence-electron chi connectivity index (χ0n) is 10.8. The van der Waals surface area contributed by atoms with Crippen molar-refractivity contribution in [1.82, 2.24) is 4.72 Å². The third-order valence-electron chi connectivity index (χ3n) is 3.36. The predicted octanol–water partition coefficient (Wildman–Crippen LogP) is 2.10. The van der Waals surface area contributed by atoms with Crippen LogP contribution in [0.4, 0.5) is 0 Å². The van der Waals surface area contributed by atoms with Gasteiger partial charge in [-0.25, -0.2) is 13.1 Å². The normalized spacial score (nSPS) is 23.2. The second kappa shape index (κ2) is 6.56. The Morgan fingerprint density at radius 3 is 2.50 bits per heavy atom. The third kappa shape index (κ3) is 3.71. The van der Waals surface area contributed by atoms with E-state index in [0.717, 1.165) is 12.8 Å². The van der Waals surface area contributed by atoms with Gasteiger partial charge in [-0.3, -0.25) is 4.79 Å². The highest BCUT2D eigenvalue weighted by molar-refractivity contribution is 7.89. The first-order valence-corrected chi connectivity index (χ1v) is 8.26. The molecule has 0 spiro atoms. The number of rotatable bonds is 5. The van der Waals surface area contributed by atoms with Gasteiger partial charge >= 0.3 is 0 Å². The average Bonchev–Trinajstić information content (AvgIpc) is 2.41. The molecule has 1 saturated carbocycles. The van der Waals surface area contributed by atoms with Gasteiger partial charge in [-0.05, 0) is 43.5 Å². The van der Waals surface area contributed by atoms with Crippen LogP contribution >= 0.6 is 11.6 Å². The number of sulfonamides is 1. The van der Waals surface area contributed by atoms with Gasteiger partial charge in [0, 0.05) is 5.02 Å². The Hall–Kier alpha value is -1.11. The standard InChI is InChI=1S/C13H16ClNO4S/c14-10-5-7-11(8-6-10)20(17,18)15-12-3-1-2-4-13(12)19-9-16/h5-9,12-13,15H,1-4H2/t12-,13+/m1/s1. The highest BCUT2D eigenvalue weighted by atomic mass is 35.5. The maximum atomic E-state index is 12.3. The molecule has 1 aliphatic carbocycles. The lowest BCUT2D eigenvalue weighted by molar-refractivity contribution is -0.136. The third-order valence-corrected chi connectivity index (χ3v) is 5.12. The first-order chi connectivity index (χ1) is 9.53. The van der Waals surface area contributed by atoms with E-state index in [2.05, 4.69) is 4.72 Å². The van der Waals surface area contributed by atoms with E-state index in [1.54, 1.807) is 0 Å². The topological polar surface area (TPSA) is 72.5 Å². The molecule has 7 heteroatoms. The van der Waals surface area contributed by atoms with Crippen molar-refractivity contribution >= 4 is 28.1 Å². The van der Waals surface area contributed by atoms with Gasteiger partial charge in [-0.2, -0.15) is 0 Å². The van der Waals surface area contributed by atoms with Crippen LogP contribution in [0.5, 0.6) is 0 Å². The molecule has 1 fully saturated rings. The fourth-order valence-corrected chi connectivity index (χ4v) is 3.77. The van der Waals surface area contributed by atoms with Crippen molar-refractivity contribution in [3.05, 3.63) is 29.3 Å². The molecule has 20 heavy (non-hydrogen) atoms. The quantitative estimate of drug-likeness (QED) is 0.844. The second-order valence-corrected chi connectivity index (χ2v) is 6.89. The summed E-state index contributed by atoms with van der Waals surface area (Å²) in [6.45, 7) is 0.375. The molecule has 1 aromatic rings. The second-order valence-electron chi connectivity index (χ2n) is 4.74. The summed E-state index contributed by atoms with van der Waals surface area (Å²) in [6.07, 6.45) is 2.77. The van der Waals surface area contributed by atoms with Gasteiger partial charge in [0.2, 0.25) is 10.0 Å². The van der Waals surface area contributed by atoms with E-state index in [9.17, 15) is 13.2 Å². The summed E-state index contributed by atoms with van der Waals surface area (Å²) >= 11 is 5.74. The van der Waals surface area contributed by atoms with Crippen LogP contribution in [0.1, 0.15) is 25.7 Å². The van der Waals surface area contributed by atoms with E-state index in [1.165, 1.54) is 24.3 Å². The number of carbonyl (C=O) groups is 1. The molecule has 0 heterocycles. The Kier molecular flexibility index (Phi) is 5.01. The summed E-state index contributed by atoms with van der Waals surface area (Å²) in [5, 5.41) is 0.476. The highest BCUT2D eigenvalue weighted by Gasteiger charge is 2.30. The van der Waals surface area contributed by atoms with E-state index in [1.807, 2.05) is 0 Å². The number of ether oxygens (including phenoxy) is 1. The van der Waals surface area contributed by atoms with Crippen molar-refractivity contribution in [3.8, 4) is 0 Å². The van der Waals surface area contributed by atoms with Gasteiger partial charge in [0.15, 0.2) is 0 Å². The molecule has 2 atom stereocenters. The van der Waals surface area contributed by atoms with Crippen molar-refractivity contribution in [2.24, 2.45) is 0 Å². The zero-order chi connectivity index (χ0) is 14.6. The van der Waals surface area contributed by atoms with E-state index in [4.69, 9.17) is 16.3 Å². The smallest absolute Gasteiger partial charge is 0.293 e. The van der Waals surface area contributed by atoms with Gasteiger partial charge in [0.1, 0.15) is 6.10 Å². The van der Waals surface area contributed by atoms with Crippen LogP contribution < -0.4 is 4.72 Å². The Morgan fingerprint density at radius 1 is 1.20 bits per heavy atom. The minimum Gasteiger partial charge on any atom is -0.463 e. The molecule has 0 aliphatic heterocycles. The predicted molar refractivity (Wildman–Crippen MR) is 75.0 cm³/mol. The molecular weight excluding hydrogens is 302 g/mol. The first kappa shape index (κ1) is 15.3. The molecule has 1 aliphatic rings. The van der Waals surface area contributed by atoms with Gasteiger partial charge in [-0.1, -0.05) is 18.0 Å². The van der Waals surface area contributed by atoms with Gasteiger partial charge in [-0.15, -0.1) is 0 Å². The Balaban J connectivity index is 2.13. The Bertz CT molecular complexity index is 558. The monoisotopic (exact) mass is 317 g/mol. The van der Waals surface area contributed by atoms with Crippen LogP contribution in [-0.4, -0.2) is 27.0 Å². The molecule has 0 saturated heterocycles. The summed E-state index contributed by atoms with van der Waals surface area (Å²) in [6, 6.07) is 5.56. The number of benzene rings is 1. The van der Waals surface area contributed by atoms with Crippen molar-refractivity contribution in [2.45, 2.75) is 42.7 Å². The van der Waals surface area contributed by atoms with Crippen molar-refractivity contribution in [3.63, 3.8) is 0 Å². The Labute approximate surface area is 123 Å². The molecule has 110 valence electrons. The van der Waals surface area contributed by atoms with E-state index in [-0.39, 0.29) is 10.9 Å². The van der Waals surface area contributed by atoms with Crippen molar-refractivity contribution in [2.75, 3.05) is 0 Å². The van der Waals surface area contributed by atoms with Gasteiger partial charge in [0.25, 0.3) is 6.47 Å². The average molecular weight is 318 g/mol. The van der Waals surface area contributed by atoms with Gasteiger partial charge < -0.3 is 4.74 Å². The number of hydrogen-bond donors (Lipinski definition) is 1. The first-order valence-electron chi connectivity index (χ1n) is 6.40. The van der Waals surface area contributed by atoms with Crippen LogP contribution in [0.3, 0.4) is 0 Å². The van der Waals surface area contributed by atoms with Crippen LogP contribution in [0, 0.1) is 0 Å². The summed E-state index contributed by atoms with van der Waals surface area (Å²) in [7, 11) is -3.63. The SMILES string of the molecule is O=CO[C@H]1CCCC[C@H]1NS(=O)(=O)c1ccc(Cl)cc1. The maximum absolute atomic E-state index is 12.3. The van der Waals surface area contributed by atoms with Crippen LogP contribution in [0.25, 0.3) is 0 Å². The molecule has 0 radical (unpaired) electrons. The minimum absolute atomic E-state index is 0.150.